The van der Waals surface area contributed by atoms with Crippen molar-refractivity contribution >= 4 is 28.6 Å². The number of hydrogen-bond acceptors (Lipinski definition) is 7. The molecule has 30 heavy (non-hydrogen) atoms. The average molecular weight is 419 g/mol. The zero-order chi connectivity index (χ0) is 21.7. The fraction of sp³-hybridized carbons (Fsp3) is 0.143. The number of anilines is 2. The van der Waals surface area contributed by atoms with E-state index in [0.29, 0.717) is 23.4 Å². The molecule has 2 aromatic carbocycles. The maximum atomic E-state index is 12.3. The van der Waals surface area contributed by atoms with Crippen molar-refractivity contribution in [2.24, 2.45) is 0 Å². The lowest BCUT2D eigenvalue weighted by atomic mass is 10.1. The number of benzene rings is 2. The third kappa shape index (κ3) is 4.72. The predicted octanol–water partition coefficient (Wildman–Crippen LogP) is 3.09. The number of amides is 1. The van der Waals surface area contributed by atoms with E-state index in [1.165, 1.54) is 6.26 Å². The summed E-state index contributed by atoms with van der Waals surface area (Å²) >= 11 is 0. The van der Waals surface area contributed by atoms with Crippen LogP contribution in [0.15, 0.2) is 52.9 Å². The molecule has 3 rings (SSSR count). The molecule has 1 unspecified atom stereocenters. The zero-order valence-corrected chi connectivity index (χ0v) is 17.1. The van der Waals surface area contributed by atoms with Crippen LogP contribution in [0.2, 0.25) is 0 Å². The van der Waals surface area contributed by atoms with Crippen molar-refractivity contribution in [2.75, 3.05) is 11.2 Å². The molecule has 0 fully saturated rings. The molecule has 150 valence electrons. The van der Waals surface area contributed by atoms with Gasteiger partial charge < -0.3 is 4.42 Å². The Bertz CT molecular complexity index is 1190. The highest BCUT2D eigenvalue weighted by Crippen LogP contribution is 2.29. The number of oxazole rings is 1. The van der Waals surface area contributed by atoms with E-state index in [4.69, 9.17) is 14.9 Å². The van der Waals surface area contributed by atoms with Crippen LogP contribution in [-0.4, -0.2) is 21.4 Å². The Morgan fingerprint density at radius 2 is 1.87 bits per heavy atom. The second kappa shape index (κ2) is 9.03. The van der Waals surface area contributed by atoms with Gasteiger partial charge in [0.05, 0.1) is 29.8 Å². The van der Waals surface area contributed by atoms with Gasteiger partial charge >= 0.3 is 6.01 Å². The van der Waals surface area contributed by atoms with Crippen molar-refractivity contribution in [1.82, 2.24) is 9.71 Å². The van der Waals surface area contributed by atoms with E-state index in [1.807, 2.05) is 6.07 Å². The second-order valence-corrected chi connectivity index (χ2v) is 7.46. The van der Waals surface area contributed by atoms with Gasteiger partial charge in [-0.25, -0.2) is 4.21 Å². The summed E-state index contributed by atoms with van der Waals surface area (Å²) in [7, 11) is -1.54. The molecule has 1 N–H and O–H groups in total. The number of rotatable bonds is 6. The number of nitriles is 2. The van der Waals surface area contributed by atoms with Crippen molar-refractivity contribution in [3.05, 3.63) is 76.7 Å². The molecule has 0 aliphatic carbocycles. The van der Waals surface area contributed by atoms with Crippen LogP contribution in [0.25, 0.3) is 0 Å². The van der Waals surface area contributed by atoms with E-state index in [1.54, 1.807) is 54.3 Å². The molecule has 0 aliphatic rings. The molecular formula is C21H17N5O3S. The quantitative estimate of drug-likeness (QED) is 0.651. The number of nitrogens with zero attached hydrogens (tertiary/aromatic N) is 4. The Balaban J connectivity index is 2.03. The molecule has 0 spiro atoms. The molecule has 1 amide bonds. The van der Waals surface area contributed by atoms with Gasteiger partial charge in [0.15, 0.2) is 5.69 Å². The smallest absolute Gasteiger partial charge is 0.303 e. The number of carbonyl (C=O) groups excluding carboxylic acids is 1. The summed E-state index contributed by atoms with van der Waals surface area (Å²) in [4.78, 5) is 18.3. The summed E-state index contributed by atoms with van der Waals surface area (Å²) in [5, 5.41) is 18.2. The van der Waals surface area contributed by atoms with E-state index in [9.17, 15) is 9.00 Å². The third-order valence-electron chi connectivity index (χ3n) is 4.17. The summed E-state index contributed by atoms with van der Waals surface area (Å²) in [6, 6.07) is 18.2. The number of hydrogen-bond donors (Lipinski definition) is 1. The maximum Gasteiger partial charge on any atom is 0.303 e. The van der Waals surface area contributed by atoms with Gasteiger partial charge in [-0.2, -0.15) is 15.5 Å². The van der Waals surface area contributed by atoms with Gasteiger partial charge in [0.25, 0.3) is 5.91 Å². The SMILES string of the molecule is Cc1oc(N(Cc2cccc(C#N)c2)c2ccc(C#N)cc2)nc1C(=O)NS(C)=O. The molecule has 0 bridgehead atoms. The number of aromatic nitrogens is 1. The Hall–Kier alpha value is -3.95. The van der Waals surface area contributed by atoms with Crippen molar-refractivity contribution in [3.63, 3.8) is 0 Å². The van der Waals surface area contributed by atoms with Gasteiger partial charge in [0.1, 0.15) is 16.7 Å². The molecular weight excluding hydrogens is 402 g/mol. The Labute approximate surface area is 176 Å². The van der Waals surface area contributed by atoms with E-state index in [0.717, 1.165) is 5.56 Å². The largest absolute Gasteiger partial charge is 0.428 e. The van der Waals surface area contributed by atoms with Gasteiger partial charge in [-0.1, -0.05) is 12.1 Å². The molecule has 0 saturated carbocycles. The monoisotopic (exact) mass is 419 g/mol. The van der Waals surface area contributed by atoms with Crippen LogP contribution in [0.5, 0.6) is 0 Å². The highest BCUT2D eigenvalue weighted by molar-refractivity contribution is 7.82. The maximum absolute atomic E-state index is 12.3. The van der Waals surface area contributed by atoms with Crippen molar-refractivity contribution in [2.45, 2.75) is 13.5 Å². The molecule has 3 aromatic rings. The predicted molar refractivity (Wildman–Crippen MR) is 111 cm³/mol. The molecule has 0 aliphatic heterocycles. The van der Waals surface area contributed by atoms with Crippen LogP contribution in [0.1, 0.15) is 32.9 Å². The van der Waals surface area contributed by atoms with Gasteiger partial charge in [-0.3, -0.25) is 14.4 Å². The Morgan fingerprint density at radius 3 is 2.50 bits per heavy atom. The topological polar surface area (TPSA) is 123 Å². The van der Waals surface area contributed by atoms with Gasteiger partial charge in [0, 0.05) is 11.9 Å². The first kappa shape index (κ1) is 20.8. The lowest BCUT2D eigenvalue weighted by Gasteiger charge is -2.21. The summed E-state index contributed by atoms with van der Waals surface area (Å²) < 4.78 is 19.4. The summed E-state index contributed by atoms with van der Waals surface area (Å²) in [5.41, 5.74) is 2.56. The molecule has 1 atom stereocenters. The lowest BCUT2D eigenvalue weighted by molar-refractivity contribution is 0.0977. The minimum atomic E-state index is -1.54. The highest BCUT2D eigenvalue weighted by atomic mass is 32.2. The molecule has 9 heteroatoms. The number of nitrogens with one attached hydrogen (secondary N) is 1. The summed E-state index contributed by atoms with van der Waals surface area (Å²) in [5.74, 6) is -0.327. The van der Waals surface area contributed by atoms with Crippen molar-refractivity contribution in [3.8, 4) is 12.1 Å². The fourth-order valence-corrected chi connectivity index (χ4v) is 3.15. The molecule has 0 radical (unpaired) electrons. The van der Waals surface area contributed by atoms with Crippen LogP contribution in [0, 0.1) is 29.6 Å². The van der Waals surface area contributed by atoms with Gasteiger partial charge in [-0.05, 0) is 48.9 Å². The first-order valence-corrected chi connectivity index (χ1v) is 10.4. The zero-order valence-electron chi connectivity index (χ0n) is 16.2. The molecule has 1 aromatic heterocycles. The van der Waals surface area contributed by atoms with E-state index in [-0.39, 0.29) is 17.5 Å². The minimum absolute atomic E-state index is 0.0321. The van der Waals surface area contributed by atoms with E-state index in [2.05, 4.69) is 21.8 Å². The normalized spacial score (nSPS) is 11.2. The van der Waals surface area contributed by atoms with Crippen LogP contribution in [-0.2, 0) is 17.5 Å². The van der Waals surface area contributed by atoms with Crippen LogP contribution >= 0.6 is 0 Å². The minimum Gasteiger partial charge on any atom is -0.428 e. The van der Waals surface area contributed by atoms with Crippen LogP contribution < -0.4 is 9.62 Å². The van der Waals surface area contributed by atoms with Crippen molar-refractivity contribution in [1.29, 1.82) is 10.5 Å². The standard InChI is InChI=1S/C21H17N5O3S/c1-14-19(20(27)25-30(2)28)24-21(29-14)26(18-8-6-15(11-22)7-9-18)13-17-5-3-4-16(10-17)12-23/h3-10H,13H2,1-2H3,(H,25,27). The highest BCUT2D eigenvalue weighted by Gasteiger charge is 2.23. The first-order valence-electron chi connectivity index (χ1n) is 8.80. The van der Waals surface area contributed by atoms with Crippen LogP contribution in [0.4, 0.5) is 11.7 Å². The van der Waals surface area contributed by atoms with E-state index < -0.39 is 16.9 Å². The second-order valence-electron chi connectivity index (χ2n) is 6.34. The van der Waals surface area contributed by atoms with E-state index >= 15 is 0 Å². The average Bonchev–Trinajstić information content (AvgIpc) is 3.13. The lowest BCUT2D eigenvalue weighted by Crippen LogP contribution is -2.25. The number of carbonyl (C=O) groups is 1. The van der Waals surface area contributed by atoms with Crippen LogP contribution in [0.3, 0.4) is 0 Å². The summed E-state index contributed by atoms with van der Waals surface area (Å²) in [6.45, 7) is 1.90. The van der Waals surface area contributed by atoms with Gasteiger partial charge in [0.2, 0.25) is 0 Å². The molecule has 8 nitrogen and oxygen atoms in total. The van der Waals surface area contributed by atoms with Crippen molar-refractivity contribution < 1.29 is 13.4 Å². The number of aryl methyl sites for hydroxylation is 1. The van der Waals surface area contributed by atoms with Gasteiger partial charge in [-0.15, -0.1) is 0 Å². The Morgan fingerprint density at radius 1 is 1.17 bits per heavy atom. The fourth-order valence-electron chi connectivity index (χ4n) is 2.79. The molecule has 0 saturated heterocycles. The first-order chi connectivity index (χ1) is 14.4. The Kier molecular flexibility index (Phi) is 6.26. The molecule has 1 heterocycles. The summed E-state index contributed by atoms with van der Waals surface area (Å²) in [6.07, 6.45) is 1.35. The third-order valence-corrected chi connectivity index (χ3v) is 4.65.